The lowest BCUT2D eigenvalue weighted by Gasteiger charge is -2.20. The molecule has 1 aromatic carbocycles. The van der Waals surface area contributed by atoms with Gasteiger partial charge in [-0.1, -0.05) is 32.0 Å². The Kier molecular flexibility index (Phi) is 4.93. The summed E-state index contributed by atoms with van der Waals surface area (Å²) >= 11 is 0. The van der Waals surface area contributed by atoms with Crippen LogP contribution in [0.5, 0.6) is 5.75 Å². The highest BCUT2D eigenvalue weighted by Crippen LogP contribution is 2.36. The molecule has 0 radical (unpaired) electrons. The van der Waals surface area contributed by atoms with Crippen molar-refractivity contribution in [1.29, 1.82) is 0 Å². The van der Waals surface area contributed by atoms with Gasteiger partial charge in [-0.25, -0.2) is 4.98 Å². The number of nitrogens with zero attached hydrogens (tertiary/aromatic N) is 4. The topological polar surface area (TPSA) is 75.2 Å². The van der Waals surface area contributed by atoms with E-state index < -0.39 is 0 Å². The maximum atomic E-state index is 6.13. The minimum absolute atomic E-state index is 0.0166. The van der Waals surface area contributed by atoms with Crippen LogP contribution in [-0.4, -0.2) is 32.9 Å². The SMILES string of the molecule is COc1ccc(C(C)(C)C)cc1-c1noc([C@@H]2CC[C@H](Cn3ccnc3)O2)n1. The second-order valence-electron chi connectivity index (χ2n) is 8.20. The highest BCUT2D eigenvalue weighted by molar-refractivity contribution is 5.65. The van der Waals surface area contributed by atoms with E-state index in [1.807, 2.05) is 16.8 Å². The third-order valence-electron chi connectivity index (χ3n) is 5.10. The maximum Gasteiger partial charge on any atom is 0.256 e. The van der Waals surface area contributed by atoms with Gasteiger partial charge in [0, 0.05) is 18.9 Å². The first-order valence-electron chi connectivity index (χ1n) is 9.58. The molecule has 148 valence electrons. The van der Waals surface area contributed by atoms with Gasteiger partial charge in [0.15, 0.2) is 0 Å². The van der Waals surface area contributed by atoms with Gasteiger partial charge in [0.25, 0.3) is 5.89 Å². The lowest BCUT2D eigenvalue weighted by Crippen LogP contribution is -2.14. The molecule has 7 heteroatoms. The van der Waals surface area contributed by atoms with Crippen molar-refractivity contribution in [3.05, 3.63) is 48.4 Å². The predicted octanol–water partition coefficient (Wildman–Crippen LogP) is 4.16. The van der Waals surface area contributed by atoms with E-state index in [4.69, 9.17) is 14.0 Å². The number of benzene rings is 1. The van der Waals surface area contributed by atoms with Gasteiger partial charge in [0.05, 0.1) is 25.1 Å². The third kappa shape index (κ3) is 3.80. The Morgan fingerprint density at radius 1 is 1.25 bits per heavy atom. The van der Waals surface area contributed by atoms with Crippen LogP contribution in [0, 0.1) is 0 Å². The Morgan fingerprint density at radius 3 is 2.82 bits per heavy atom. The molecule has 1 saturated heterocycles. The monoisotopic (exact) mass is 382 g/mol. The molecule has 1 fully saturated rings. The van der Waals surface area contributed by atoms with Gasteiger partial charge >= 0.3 is 0 Å². The Labute approximate surface area is 164 Å². The zero-order valence-electron chi connectivity index (χ0n) is 16.8. The van der Waals surface area contributed by atoms with Crippen LogP contribution in [0.2, 0.25) is 0 Å². The molecule has 0 saturated carbocycles. The molecule has 3 aromatic rings. The van der Waals surface area contributed by atoms with Crippen LogP contribution in [0.15, 0.2) is 41.4 Å². The quantitative estimate of drug-likeness (QED) is 0.660. The molecule has 0 amide bonds. The summed E-state index contributed by atoms with van der Waals surface area (Å²) in [5.41, 5.74) is 2.04. The first-order chi connectivity index (χ1) is 13.4. The first-order valence-corrected chi connectivity index (χ1v) is 9.58. The Bertz CT molecular complexity index is 928. The summed E-state index contributed by atoms with van der Waals surface area (Å²) in [5, 5.41) is 4.20. The van der Waals surface area contributed by atoms with E-state index in [2.05, 4.69) is 48.0 Å². The summed E-state index contributed by atoms with van der Waals surface area (Å²) < 4.78 is 19.2. The molecule has 4 rings (SSSR count). The van der Waals surface area contributed by atoms with E-state index in [-0.39, 0.29) is 17.6 Å². The number of hydrogen-bond acceptors (Lipinski definition) is 6. The minimum atomic E-state index is -0.174. The summed E-state index contributed by atoms with van der Waals surface area (Å²) in [6.07, 6.45) is 7.27. The molecular formula is C21H26N4O3. The third-order valence-corrected chi connectivity index (χ3v) is 5.10. The van der Waals surface area contributed by atoms with Gasteiger partial charge in [-0.2, -0.15) is 4.98 Å². The number of ether oxygens (including phenoxy) is 2. The van der Waals surface area contributed by atoms with Crippen molar-refractivity contribution >= 4 is 0 Å². The molecular weight excluding hydrogens is 356 g/mol. The Balaban J connectivity index is 1.53. The molecule has 1 aliphatic heterocycles. The first kappa shape index (κ1) is 18.7. The van der Waals surface area contributed by atoms with E-state index in [0.717, 1.165) is 30.7 Å². The van der Waals surface area contributed by atoms with Gasteiger partial charge in [-0.3, -0.25) is 0 Å². The molecule has 0 unspecified atom stereocenters. The van der Waals surface area contributed by atoms with Crippen LogP contribution in [0.25, 0.3) is 11.4 Å². The molecule has 28 heavy (non-hydrogen) atoms. The largest absolute Gasteiger partial charge is 0.496 e. The fourth-order valence-electron chi connectivity index (χ4n) is 3.48. The number of hydrogen-bond donors (Lipinski definition) is 0. The van der Waals surface area contributed by atoms with Crippen LogP contribution in [-0.2, 0) is 16.7 Å². The van der Waals surface area contributed by atoms with Crippen molar-refractivity contribution < 1.29 is 14.0 Å². The average Bonchev–Trinajstić information content (AvgIpc) is 3.42. The maximum absolute atomic E-state index is 6.13. The van der Waals surface area contributed by atoms with Gasteiger partial charge in [0.1, 0.15) is 11.9 Å². The van der Waals surface area contributed by atoms with Crippen molar-refractivity contribution in [2.24, 2.45) is 0 Å². The van der Waals surface area contributed by atoms with Crippen LogP contribution in [0.4, 0.5) is 0 Å². The second-order valence-corrected chi connectivity index (χ2v) is 8.20. The smallest absolute Gasteiger partial charge is 0.256 e. The summed E-state index contributed by atoms with van der Waals surface area (Å²) in [5.74, 6) is 1.77. The normalized spacial score (nSPS) is 19.9. The molecule has 0 N–H and O–H groups in total. The summed E-state index contributed by atoms with van der Waals surface area (Å²) in [4.78, 5) is 8.70. The highest BCUT2D eigenvalue weighted by atomic mass is 16.5. The average molecular weight is 382 g/mol. The Hall–Kier alpha value is -2.67. The van der Waals surface area contributed by atoms with Gasteiger partial charge in [-0.05, 0) is 36.0 Å². The summed E-state index contributed by atoms with van der Waals surface area (Å²) in [7, 11) is 1.65. The predicted molar refractivity (Wildman–Crippen MR) is 104 cm³/mol. The van der Waals surface area contributed by atoms with E-state index in [1.54, 1.807) is 19.6 Å². The van der Waals surface area contributed by atoms with Gasteiger partial charge in [-0.15, -0.1) is 0 Å². The molecule has 3 heterocycles. The summed E-state index contributed by atoms with van der Waals surface area (Å²) in [6.45, 7) is 7.30. The summed E-state index contributed by atoms with van der Waals surface area (Å²) in [6, 6.07) is 6.11. The van der Waals surface area contributed by atoms with Crippen molar-refractivity contribution in [3.63, 3.8) is 0 Å². The van der Waals surface area contributed by atoms with Crippen molar-refractivity contribution in [1.82, 2.24) is 19.7 Å². The van der Waals surface area contributed by atoms with Gasteiger partial charge < -0.3 is 18.6 Å². The standard InChI is InChI=1S/C21H26N4O3/c1-21(2,3)14-5-7-17(26-4)16(11-14)19-23-20(28-24-19)18-8-6-15(27-18)12-25-10-9-22-13-25/h5,7,9-11,13,15,18H,6,8,12H2,1-4H3/t15-,18+/m1/s1. The molecule has 1 aliphatic rings. The zero-order chi connectivity index (χ0) is 19.7. The molecule has 2 atom stereocenters. The number of rotatable bonds is 5. The van der Waals surface area contributed by atoms with Crippen LogP contribution < -0.4 is 4.74 Å². The van der Waals surface area contributed by atoms with Crippen molar-refractivity contribution in [2.75, 3.05) is 7.11 Å². The molecule has 0 aliphatic carbocycles. The fourth-order valence-corrected chi connectivity index (χ4v) is 3.48. The van der Waals surface area contributed by atoms with Gasteiger partial charge in [0.2, 0.25) is 5.82 Å². The fraction of sp³-hybridized carbons (Fsp3) is 0.476. The lowest BCUT2D eigenvalue weighted by molar-refractivity contribution is 0.0178. The highest BCUT2D eigenvalue weighted by Gasteiger charge is 2.31. The minimum Gasteiger partial charge on any atom is -0.496 e. The van der Waals surface area contributed by atoms with Crippen LogP contribution in [0.3, 0.4) is 0 Å². The van der Waals surface area contributed by atoms with Crippen LogP contribution in [0.1, 0.15) is 51.2 Å². The van der Waals surface area contributed by atoms with Crippen LogP contribution >= 0.6 is 0 Å². The molecule has 0 spiro atoms. The lowest BCUT2D eigenvalue weighted by atomic mass is 9.86. The molecule has 0 bridgehead atoms. The van der Waals surface area contributed by atoms with E-state index in [1.165, 1.54) is 5.56 Å². The zero-order valence-corrected chi connectivity index (χ0v) is 16.8. The Morgan fingerprint density at radius 2 is 2.11 bits per heavy atom. The molecule has 7 nitrogen and oxygen atoms in total. The van der Waals surface area contributed by atoms with E-state index in [9.17, 15) is 0 Å². The number of methoxy groups -OCH3 is 1. The van der Waals surface area contributed by atoms with E-state index in [0.29, 0.717) is 11.7 Å². The molecule has 2 aromatic heterocycles. The van der Waals surface area contributed by atoms with E-state index >= 15 is 0 Å². The van der Waals surface area contributed by atoms with Crippen molar-refractivity contribution in [2.45, 2.75) is 57.8 Å². The number of aromatic nitrogens is 4. The number of imidazole rings is 1. The van der Waals surface area contributed by atoms with Crippen molar-refractivity contribution in [3.8, 4) is 17.1 Å². The second kappa shape index (κ2) is 7.39.